The second-order valence-electron chi connectivity index (χ2n) is 5.50. The van der Waals surface area contributed by atoms with E-state index in [2.05, 4.69) is 5.32 Å². The Labute approximate surface area is 171 Å². The van der Waals surface area contributed by atoms with Crippen LogP contribution in [0.3, 0.4) is 0 Å². The monoisotopic (exact) mass is 454 g/mol. The molecule has 140 valence electrons. The third-order valence-corrected chi connectivity index (χ3v) is 5.96. The number of halogens is 4. The molecule has 0 radical (unpaired) electrons. The molecule has 0 unspecified atom stereocenters. The molecule has 0 saturated carbocycles. The topological polar surface area (TPSA) is 66.5 Å². The summed E-state index contributed by atoms with van der Waals surface area (Å²) in [5.74, 6) is -0.572. The molecule has 1 N–H and O–H groups in total. The van der Waals surface area contributed by atoms with E-state index in [9.17, 15) is 13.2 Å². The van der Waals surface area contributed by atoms with Gasteiger partial charge in [-0.15, -0.1) is 0 Å². The number of amides is 1. The molecule has 0 atom stereocenters. The maximum atomic E-state index is 12.3. The first-order valence-electron chi connectivity index (χ1n) is 7.17. The molecule has 0 aliphatic rings. The minimum Gasteiger partial charge on any atom is -0.324 e. The Hall–Kier alpha value is -1.18. The number of aryl methyl sites for hydroxylation is 1. The summed E-state index contributed by atoms with van der Waals surface area (Å²) in [6.07, 6.45) is 0.960. The van der Waals surface area contributed by atoms with E-state index in [-0.39, 0.29) is 20.8 Å². The van der Waals surface area contributed by atoms with Crippen LogP contribution >= 0.6 is 46.4 Å². The SMILES string of the molecule is Cc1ccc(NC(=O)CN(c2cc(Cl)c(Cl)cc2Cl)S(C)(=O)=O)cc1Cl. The van der Waals surface area contributed by atoms with E-state index < -0.39 is 22.5 Å². The molecule has 10 heteroatoms. The van der Waals surface area contributed by atoms with Crippen molar-refractivity contribution in [1.82, 2.24) is 0 Å². The van der Waals surface area contributed by atoms with E-state index in [1.54, 1.807) is 18.2 Å². The van der Waals surface area contributed by atoms with Gasteiger partial charge in [0.2, 0.25) is 15.9 Å². The first-order chi connectivity index (χ1) is 12.0. The van der Waals surface area contributed by atoms with E-state index in [1.807, 2.05) is 6.92 Å². The van der Waals surface area contributed by atoms with Crippen LogP contribution in [0.25, 0.3) is 0 Å². The summed E-state index contributed by atoms with van der Waals surface area (Å²) >= 11 is 23.9. The van der Waals surface area contributed by atoms with Crippen LogP contribution in [0.5, 0.6) is 0 Å². The third kappa shape index (κ3) is 5.18. The van der Waals surface area contributed by atoms with Gasteiger partial charge in [-0.2, -0.15) is 0 Å². The van der Waals surface area contributed by atoms with Gasteiger partial charge in [0.1, 0.15) is 6.54 Å². The van der Waals surface area contributed by atoms with Gasteiger partial charge < -0.3 is 5.32 Å². The molecule has 0 aliphatic heterocycles. The summed E-state index contributed by atoms with van der Waals surface area (Å²) in [5.41, 5.74) is 1.35. The van der Waals surface area contributed by atoms with Crippen LogP contribution in [0.15, 0.2) is 30.3 Å². The molecule has 5 nitrogen and oxygen atoms in total. The lowest BCUT2D eigenvalue weighted by Gasteiger charge is -2.23. The number of rotatable bonds is 5. The average molecular weight is 456 g/mol. The van der Waals surface area contributed by atoms with Crippen LogP contribution in [0, 0.1) is 6.92 Å². The zero-order chi connectivity index (χ0) is 19.6. The standard InChI is InChI=1S/C16H14Cl4N2O3S/c1-9-3-4-10(5-11(9)17)21-16(23)8-22(26(2,24)25)15-7-13(19)12(18)6-14(15)20/h3-7H,8H2,1-2H3,(H,21,23). The smallest absolute Gasteiger partial charge is 0.245 e. The molecule has 2 aromatic rings. The van der Waals surface area contributed by atoms with Crippen LogP contribution in [0.1, 0.15) is 5.56 Å². The Kier molecular flexibility index (Phi) is 6.69. The predicted octanol–water partition coefficient (Wildman–Crippen LogP) is 5.01. The molecular weight excluding hydrogens is 442 g/mol. The number of nitrogens with zero attached hydrogens (tertiary/aromatic N) is 1. The van der Waals surface area contributed by atoms with Gasteiger partial charge in [-0.25, -0.2) is 8.42 Å². The van der Waals surface area contributed by atoms with E-state index in [0.717, 1.165) is 16.1 Å². The lowest BCUT2D eigenvalue weighted by molar-refractivity contribution is -0.114. The summed E-state index contributed by atoms with van der Waals surface area (Å²) in [7, 11) is -3.81. The second kappa shape index (κ2) is 8.23. The van der Waals surface area contributed by atoms with Crippen molar-refractivity contribution in [3.63, 3.8) is 0 Å². The van der Waals surface area contributed by atoms with Crippen molar-refractivity contribution in [3.8, 4) is 0 Å². The highest BCUT2D eigenvalue weighted by molar-refractivity contribution is 7.92. The van der Waals surface area contributed by atoms with E-state index in [0.29, 0.717) is 10.7 Å². The van der Waals surface area contributed by atoms with Crippen molar-refractivity contribution in [3.05, 3.63) is 56.0 Å². The van der Waals surface area contributed by atoms with Crippen molar-refractivity contribution in [1.29, 1.82) is 0 Å². The number of benzene rings is 2. The lowest BCUT2D eigenvalue weighted by atomic mass is 10.2. The second-order valence-corrected chi connectivity index (χ2v) is 9.04. The van der Waals surface area contributed by atoms with Crippen molar-refractivity contribution < 1.29 is 13.2 Å². The van der Waals surface area contributed by atoms with Gasteiger partial charge in [0, 0.05) is 10.7 Å². The first-order valence-corrected chi connectivity index (χ1v) is 10.5. The highest BCUT2D eigenvalue weighted by Crippen LogP contribution is 2.35. The molecule has 2 aromatic carbocycles. The van der Waals surface area contributed by atoms with Crippen LogP contribution < -0.4 is 9.62 Å². The fraction of sp³-hybridized carbons (Fsp3) is 0.188. The van der Waals surface area contributed by atoms with Crippen LogP contribution in [0.2, 0.25) is 20.1 Å². The number of hydrogen-bond donors (Lipinski definition) is 1. The molecular formula is C16H14Cl4N2O3S. The fourth-order valence-electron chi connectivity index (χ4n) is 2.09. The van der Waals surface area contributed by atoms with E-state index in [1.165, 1.54) is 12.1 Å². The first kappa shape index (κ1) is 21.1. The zero-order valence-corrected chi connectivity index (χ0v) is 17.5. The summed E-state index contributed by atoms with van der Waals surface area (Å²) < 4.78 is 25.2. The maximum Gasteiger partial charge on any atom is 0.245 e. The molecule has 0 aromatic heterocycles. The molecule has 1 amide bonds. The van der Waals surface area contributed by atoms with Gasteiger partial charge in [-0.05, 0) is 36.8 Å². The van der Waals surface area contributed by atoms with E-state index >= 15 is 0 Å². The molecule has 2 rings (SSSR count). The van der Waals surface area contributed by atoms with Gasteiger partial charge in [-0.1, -0.05) is 52.5 Å². The van der Waals surface area contributed by atoms with Crippen LogP contribution in [-0.2, 0) is 14.8 Å². The quantitative estimate of drug-likeness (QED) is 0.644. The molecule has 0 aliphatic carbocycles. The van der Waals surface area contributed by atoms with Crippen molar-refractivity contribution in [2.75, 3.05) is 22.4 Å². The lowest BCUT2D eigenvalue weighted by Crippen LogP contribution is -2.37. The minimum absolute atomic E-state index is 0.0519. The molecule has 26 heavy (non-hydrogen) atoms. The van der Waals surface area contributed by atoms with Crippen LogP contribution in [0.4, 0.5) is 11.4 Å². The number of anilines is 2. The summed E-state index contributed by atoms with van der Waals surface area (Å²) in [4.78, 5) is 12.3. The Morgan fingerprint density at radius 1 is 1.00 bits per heavy atom. The third-order valence-electron chi connectivity index (χ3n) is 3.40. The Morgan fingerprint density at radius 3 is 2.19 bits per heavy atom. The van der Waals surface area contributed by atoms with Gasteiger partial charge in [-0.3, -0.25) is 9.10 Å². The number of carbonyl (C=O) groups is 1. The van der Waals surface area contributed by atoms with Crippen molar-refractivity contribution in [2.24, 2.45) is 0 Å². The van der Waals surface area contributed by atoms with Gasteiger partial charge in [0.15, 0.2) is 0 Å². The minimum atomic E-state index is -3.81. The van der Waals surface area contributed by atoms with Gasteiger partial charge in [0.25, 0.3) is 0 Å². The summed E-state index contributed by atoms with van der Waals surface area (Å²) in [6.45, 7) is 1.33. The molecule has 0 saturated heterocycles. The highest BCUT2D eigenvalue weighted by Gasteiger charge is 2.24. The van der Waals surface area contributed by atoms with Gasteiger partial charge in [0.05, 0.1) is 27.0 Å². The molecule has 0 fully saturated rings. The summed E-state index contributed by atoms with van der Waals surface area (Å²) in [6, 6.07) is 7.59. The number of nitrogens with one attached hydrogen (secondary N) is 1. The van der Waals surface area contributed by atoms with Gasteiger partial charge >= 0.3 is 0 Å². The summed E-state index contributed by atoms with van der Waals surface area (Å²) in [5, 5.41) is 3.42. The van der Waals surface area contributed by atoms with Crippen LogP contribution in [-0.4, -0.2) is 27.1 Å². The number of sulfonamides is 1. The fourth-order valence-corrected chi connectivity index (χ4v) is 3.82. The highest BCUT2D eigenvalue weighted by atomic mass is 35.5. The average Bonchev–Trinajstić information content (AvgIpc) is 2.51. The Balaban J connectivity index is 2.30. The van der Waals surface area contributed by atoms with E-state index in [4.69, 9.17) is 46.4 Å². The maximum absolute atomic E-state index is 12.3. The Morgan fingerprint density at radius 2 is 1.62 bits per heavy atom. The van der Waals surface area contributed by atoms with Crippen molar-refractivity contribution in [2.45, 2.75) is 6.92 Å². The number of hydrogen-bond acceptors (Lipinski definition) is 3. The van der Waals surface area contributed by atoms with Crippen molar-refractivity contribution >= 4 is 73.7 Å². The largest absolute Gasteiger partial charge is 0.324 e. The Bertz CT molecular complexity index is 964. The normalized spacial score (nSPS) is 11.3. The molecule has 0 heterocycles. The zero-order valence-electron chi connectivity index (χ0n) is 13.7. The molecule has 0 spiro atoms. The molecule has 0 bridgehead atoms. The number of carbonyl (C=O) groups excluding carboxylic acids is 1. The predicted molar refractivity (Wildman–Crippen MR) is 108 cm³/mol.